The molecule has 1 fully saturated rings. The molecular weight excluding hydrogens is 369 g/mol. The molecule has 0 spiro atoms. The molecule has 6 nitrogen and oxygen atoms in total. The molecule has 3 aromatic rings. The first kappa shape index (κ1) is 17.8. The minimum Gasteiger partial charge on any atom is -0.379 e. The number of aromatic nitrogens is 1. The standard InChI is InChI=1S/C19H18FN3O3S/c20-15-2-4-16(5-3-15)21-19-8-1-14-13-17(6-7-18(14)22-19)27(24,25)23-9-11-26-12-10-23/h1-8,13H,9-12H2,(H,21,22). The van der Waals surface area contributed by atoms with Crippen LogP contribution < -0.4 is 5.32 Å². The van der Waals surface area contributed by atoms with Gasteiger partial charge in [-0.25, -0.2) is 17.8 Å². The molecule has 0 amide bonds. The highest BCUT2D eigenvalue weighted by Gasteiger charge is 2.26. The molecule has 1 N–H and O–H groups in total. The predicted octanol–water partition coefficient (Wildman–Crippen LogP) is 3.14. The average Bonchev–Trinajstić information content (AvgIpc) is 2.70. The summed E-state index contributed by atoms with van der Waals surface area (Å²) in [6, 6.07) is 14.5. The van der Waals surface area contributed by atoms with Gasteiger partial charge in [0.25, 0.3) is 0 Å². The van der Waals surface area contributed by atoms with Crippen molar-refractivity contribution in [2.75, 3.05) is 31.6 Å². The van der Waals surface area contributed by atoms with E-state index in [0.717, 1.165) is 11.1 Å². The van der Waals surface area contributed by atoms with E-state index < -0.39 is 10.0 Å². The Morgan fingerprint density at radius 1 is 1.00 bits per heavy atom. The SMILES string of the molecule is O=S(=O)(c1ccc2nc(Nc3ccc(F)cc3)ccc2c1)N1CCOCC1. The number of halogens is 1. The summed E-state index contributed by atoms with van der Waals surface area (Å²) in [7, 11) is -3.54. The lowest BCUT2D eigenvalue weighted by molar-refractivity contribution is 0.0730. The Labute approximate surface area is 156 Å². The molecule has 27 heavy (non-hydrogen) atoms. The van der Waals surface area contributed by atoms with Crippen LogP contribution in [-0.2, 0) is 14.8 Å². The predicted molar refractivity (Wildman–Crippen MR) is 101 cm³/mol. The lowest BCUT2D eigenvalue weighted by atomic mass is 10.2. The van der Waals surface area contributed by atoms with Gasteiger partial charge in [0, 0.05) is 24.2 Å². The number of hydrogen-bond acceptors (Lipinski definition) is 5. The van der Waals surface area contributed by atoms with Gasteiger partial charge in [-0.2, -0.15) is 4.31 Å². The minimum atomic E-state index is -3.54. The van der Waals surface area contributed by atoms with Crippen LogP contribution in [0.15, 0.2) is 59.5 Å². The summed E-state index contributed by atoms with van der Waals surface area (Å²) in [6.07, 6.45) is 0. The summed E-state index contributed by atoms with van der Waals surface area (Å²) in [5, 5.41) is 3.83. The molecule has 1 aliphatic rings. The second kappa shape index (κ2) is 7.22. The van der Waals surface area contributed by atoms with E-state index in [9.17, 15) is 12.8 Å². The Bertz CT molecular complexity index is 1070. The zero-order valence-corrected chi connectivity index (χ0v) is 15.2. The molecule has 1 aliphatic heterocycles. The molecule has 1 saturated heterocycles. The normalized spacial score (nSPS) is 15.7. The topological polar surface area (TPSA) is 71.5 Å². The largest absolute Gasteiger partial charge is 0.379 e. The number of nitrogens with one attached hydrogen (secondary N) is 1. The third-order valence-electron chi connectivity index (χ3n) is 4.39. The first-order chi connectivity index (χ1) is 13.0. The van der Waals surface area contributed by atoms with Gasteiger partial charge in [0.2, 0.25) is 10.0 Å². The van der Waals surface area contributed by atoms with Crippen LogP contribution in [-0.4, -0.2) is 44.0 Å². The number of nitrogens with zero attached hydrogens (tertiary/aromatic N) is 2. The van der Waals surface area contributed by atoms with E-state index in [0.29, 0.717) is 37.6 Å². The van der Waals surface area contributed by atoms with Gasteiger partial charge in [0.15, 0.2) is 0 Å². The van der Waals surface area contributed by atoms with E-state index in [-0.39, 0.29) is 10.7 Å². The third-order valence-corrected chi connectivity index (χ3v) is 6.28. The fourth-order valence-electron chi connectivity index (χ4n) is 2.95. The first-order valence-electron chi connectivity index (χ1n) is 8.54. The van der Waals surface area contributed by atoms with Crippen LogP contribution in [0, 0.1) is 5.82 Å². The van der Waals surface area contributed by atoms with Gasteiger partial charge in [-0.1, -0.05) is 0 Å². The van der Waals surface area contributed by atoms with Crippen LogP contribution >= 0.6 is 0 Å². The summed E-state index contributed by atoms with van der Waals surface area (Å²) < 4.78 is 45.2. The molecule has 0 aliphatic carbocycles. The highest BCUT2D eigenvalue weighted by Crippen LogP contribution is 2.24. The number of anilines is 2. The van der Waals surface area contributed by atoms with Gasteiger partial charge >= 0.3 is 0 Å². The number of rotatable bonds is 4. The Balaban J connectivity index is 1.61. The molecule has 0 bridgehead atoms. The lowest BCUT2D eigenvalue weighted by Gasteiger charge is -2.26. The molecule has 0 atom stereocenters. The van der Waals surface area contributed by atoms with Crippen molar-refractivity contribution in [3.8, 4) is 0 Å². The Kier molecular flexibility index (Phi) is 4.77. The summed E-state index contributed by atoms with van der Waals surface area (Å²) in [5.74, 6) is 0.291. The maximum atomic E-state index is 13.0. The molecule has 0 saturated carbocycles. The molecule has 4 rings (SSSR count). The van der Waals surface area contributed by atoms with Gasteiger partial charge in [0.05, 0.1) is 23.6 Å². The highest BCUT2D eigenvalue weighted by atomic mass is 32.2. The molecular formula is C19H18FN3O3S. The molecule has 8 heteroatoms. The third kappa shape index (κ3) is 3.78. The van der Waals surface area contributed by atoms with Crippen molar-refractivity contribution in [2.24, 2.45) is 0 Å². The zero-order chi connectivity index (χ0) is 18.9. The van der Waals surface area contributed by atoms with Crippen LogP contribution in [0.5, 0.6) is 0 Å². The molecule has 1 aromatic heterocycles. The first-order valence-corrected chi connectivity index (χ1v) is 9.98. The van der Waals surface area contributed by atoms with Crippen molar-refractivity contribution in [1.29, 1.82) is 0 Å². The summed E-state index contributed by atoms with van der Waals surface area (Å²) in [4.78, 5) is 4.74. The van der Waals surface area contributed by atoms with Gasteiger partial charge < -0.3 is 10.1 Å². The number of fused-ring (bicyclic) bond motifs is 1. The number of pyridine rings is 1. The smallest absolute Gasteiger partial charge is 0.243 e. The fourth-order valence-corrected chi connectivity index (χ4v) is 4.39. The second-order valence-corrected chi connectivity index (χ2v) is 8.14. The number of ether oxygens (including phenoxy) is 1. The number of benzene rings is 2. The van der Waals surface area contributed by atoms with Crippen LogP contribution in [0.3, 0.4) is 0 Å². The van der Waals surface area contributed by atoms with E-state index in [1.165, 1.54) is 16.4 Å². The Morgan fingerprint density at radius 3 is 2.48 bits per heavy atom. The average molecular weight is 387 g/mol. The Morgan fingerprint density at radius 2 is 1.74 bits per heavy atom. The van der Waals surface area contributed by atoms with Crippen molar-refractivity contribution in [1.82, 2.24) is 9.29 Å². The quantitative estimate of drug-likeness (QED) is 0.745. The number of morpholine rings is 1. The highest BCUT2D eigenvalue weighted by molar-refractivity contribution is 7.89. The van der Waals surface area contributed by atoms with Gasteiger partial charge in [-0.3, -0.25) is 0 Å². The number of hydrogen-bond donors (Lipinski definition) is 1. The van der Waals surface area contributed by atoms with Gasteiger partial charge in [-0.05, 0) is 54.6 Å². The fraction of sp³-hybridized carbons (Fsp3) is 0.211. The molecule has 0 radical (unpaired) electrons. The maximum absolute atomic E-state index is 13.0. The van der Waals surface area contributed by atoms with Crippen LogP contribution in [0.1, 0.15) is 0 Å². The van der Waals surface area contributed by atoms with E-state index >= 15 is 0 Å². The monoisotopic (exact) mass is 387 g/mol. The van der Waals surface area contributed by atoms with Crippen molar-refractivity contribution < 1.29 is 17.5 Å². The zero-order valence-electron chi connectivity index (χ0n) is 14.4. The Hall–Kier alpha value is -2.55. The van der Waals surface area contributed by atoms with E-state index in [2.05, 4.69) is 10.3 Å². The summed E-state index contributed by atoms with van der Waals surface area (Å²) >= 11 is 0. The summed E-state index contributed by atoms with van der Waals surface area (Å²) in [6.45, 7) is 1.54. The molecule has 2 heterocycles. The van der Waals surface area contributed by atoms with E-state index in [1.54, 1.807) is 36.4 Å². The summed E-state index contributed by atoms with van der Waals surface area (Å²) in [5.41, 5.74) is 1.39. The van der Waals surface area contributed by atoms with Crippen molar-refractivity contribution in [3.05, 3.63) is 60.4 Å². The molecule has 2 aromatic carbocycles. The van der Waals surface area contributed by atoms with E-state index in [1.807, 2.05) is 6.07 Å². The lowest BCUT2D eigenvalue weighted by Crippen LogP contribution is -2.40. The second-order valence-electron chi connectivity index (χ2n) is 6.20. The maximum Gasteiger partial charge on any atom is 0.243 e. The van der Waals surface area contributed by atoms with Crippen molar-refractivity contribution in [3.63, 3.8) is 0 Å². The van der Waals surface area contributed by atoms with Crippen LogP contribution in [0.4, 0.5) is 15.9 Å². The van der Waals surface area contributed by atoms with Crippen molar-refractivity contribution in [2.45, 2.75) is 4.90 Å². The number of sulfonamides is 1. The van der Waals surface area contributed by atoms with Gasteiger partial charge in [-0.15, -0.1) is 0 Å². The molecule has 140 valence electrons. The van der Waals surface area contributed by atoms with E-state index in [4.69, 9.17) is 4.74 Å². The van der Waals surface area contributed by atoms with Crippen molar-refractivity contribution >= 4 is 32.4 Å². The minimum absolute atomic E-state index is 0.248. The van der Waals surface area contributed by atoms with Crippen LogP contribution in [0.2, 0.25) is 0 Å². The van der Waals surface area contributed by atoms with Crippen LogP contribution in [0.25, 0.3) is 10.9 Å². The molecule has 0 unspecified atom stereocenters. The van der Waals surface area contributed by atoms with Gasteiger partial charge in [0.1, 0.15) is 11.6 Å².